The van der Waals surface area contributed by atoms with Gasteiger partial charge in [-0.2, -0.15) is 4.31 Å². The molecule has 1 unspecified atom stereocenters. The molecule has 0 radical (unpaired) electrons. The molecule has 1 N–H and O–H groups in total. The summed E-state index contributed by atoms with van der Waals surface area (Å²) in [6, 6.07) is 5.37. The molecule has 0 bridgehead atoms. The molecule has 0 amide bonds. The van der Waals surface area contributed by atoms with E-state index in [0.717, 1.165) is 24.0 Å². The molecule has 21 heavy (non-hydrogen) atoms. The summed E-state index contributed by atoms with van der Waals surface area (Å²) in [7, 11) is -3.54. The molecule has 0 spiro atoms. The maximum absolute atomic E-state index is 12.9. The van der Waals surface area contributed by atoms with Crippen LogP contribution in [-0.4, -0.2) is 37.0 Å². The largest absolute Gasteiger partial charge is 0.395 e. The molecule has 0 saturated carbocycles. The summed E-state index contributed by atoms with van der Waals surface area (Å²) < 4.78 is 27.3. The summed E-state index contributed by atoms with van der Waals surface area (Å²) in [4.78, 5) is 0.371. The number of aliphatic hydroxyl groups excluding tert-OH is 1. The van der Waals surface area contributed by atoms with E-state index in [0.29, 0.717) is 11.4 Å². The van der Waals surface area contributed by atoms with Gasteiger partial charge in [0, 0.05) is 12.6 Å². The molecule has 1 aromatic carbocycles. The first kappa shape index (κ1) is 16.5. The van der Waals surface area contributed by atoms with Gasteiger partial charge in [-0.15, -0.1) is 0 Å². The van der Waals surface area contributed by atoms with Gasteiger partial charge in [-0.3, -0.25) is 0 Å². The van der Waals surface area contributed by atoms with E-state index in [4.69, 9.17) is 0 Å². The standard InChI is InChI=1S/C16H25NO3S/c1-12-7-8-13(16(2,3)4)10-15(12)21(19,20)17-9-5-6-14(17)11-18/h7-8,10,14,18H,5-6,9,11H2,1-4H3. The molecule has 2 rings (SSSR count). The highest BCUT2D eigenvalue weighted by atomic mass is 32.2. The zero-order valence-corrected chi connectivity index (χ0v) is 14.1. The third kappa shape index (κ3) is 3.15. The number of hydrogen-bond donors (Lipinski definition) is 1. The normalized spacial score (nSPS) is 20.9. The van der Waals surface area contributed by atoms with Crippen molar-refractivity contribution in [3.05, 3.63) is 29.3 Å². The predicted molar refractivity (Wildman–Crippen MR) is 83.9 cm³/mol. The number of aliphatic hydroxyl groups is 1. The monoisotopic (exact) mass is 311 g/mol. The Morgan fingerprint density at radius 3 is 2.57 bits per heavy atom. The lowest BCUT2D eigenvalue weighted by Gasteiger charge is -2.25. The Hall–Kier alpha value is -0.910. The van der Waals surface area contributed by atoms with E-state index in [1.165, 1.54) is 4.31 Å². The molecule has 0 aliphatic carbocycles. The molecular weight excluding hydrogens is 286 g/mol. The van der Waals surface area contributed by atoms with E-state index in [1.54, 1.807) is 6.07 Å². The van der Waals surface area contributed by atoms with Gasteiger partial charge in [-0.25, -0.2) is 8.42 Å². The summed E-state index contributed by atoms with van der Waals surface area (Å²) in [5, 5.41) is 9.39. The average molecular weight is 311 g/mol. The smallest absolute Gasteiger partial charge is 0.243 e. The van der Waals surface area contributed by atoms with Crippen LogP contribution in [0.3, 0.4) is 0 Å². The van der Waals surface area contributed by atoms with Crippen LogP contribution < -0.4 is 0 Å². The second kappa shape index (κ2) is 5.71. The summed E-state index contributed by atoms with van der Waals surface area (Å²) >= 11 is 0. The minimum atomic E-state index is -3.54. The number of nitrogens with zero attached hydrogens (tertiary/aromatic N) is 1. The molecule has 4 nitrogen and oxygen atoms in total. The number of sulfonamides is 1. The van der Waals surface area contributed by atoms with Crippen molar-refractivity contribution in [1.82, 2.24) is 4.31 Å². The lowest BCUT2D eigenvalue weighted by molar-refractivity contribution is 0.213. The van der Waals surface area contributed by atoms with Crippen LogP contribution in [0.1, 0.15) is 44.7 Å². The van der Waals surface area contributed by atoms with Gasteiger partial charge in [0.2, 0.25) is 10.0 Å². The van der Waals surface area contributed by atoms with Crippen molar-refractivity contribution in [2.24, 2.45) is 0 Å². The zero-order chi connectivity index (χ0) is 15.8. The molecule has 1 fully saturated rings. The van der Waals surface area contributed by atoms with Gasteiger partial charge in [-0.05, 0) is 42.4 Å². The molecule has 1 aliphatic heterocycles. The predicted octanol–water partition coefficient (Wildman–Crippen LogP) is 2.44. The fraction of sp³-hybridized carbons (Fsp3) is 0.625. The van der Waals surface area contributed by atoms with E-state index in [1.807, 2.05) is 19.1 Å². The van der Waals surface area contributed by atoms with Gasteiger partial charge in [0.15, 0.2) is 0 Å². The molecule has 5 heteroatoms. The van der Waals surface area contributed by atoms with Crippen LogP contribution in [0.5, 0.6) is 0 Å². The number of benzene rings is 1. The first-order valence-corrected chi connectivity index (χ1v) is 8.86. The lowest BCUT2D eigenvalue weighted by atomic mass is 9.87. The van der Waals surface area contributed by atoms with Crippen molar-refractivity contribution in [3.63, 3.8) is 0 Å². The van der Waals surface area contributed by atoms with Crippen LogP contribution >= 0.6 is 0 Å². The van der Waals surface area contributed by atoms with Crippen molar-refractivity contribution in [2.75, 3.05) is 13.2 Å². The van der Waals surface area contributed by atoms with Gasteiger partial charge in [0.05, 0.1) is 11.5 Å². The van der Waals surface area contributed by atoms with E-state index in [9.17, 15) is 13.5 Å². The van der Waals surface area contributed by atoms with E-state index in [2.05, 4.69) is 20.8 Å². The van der Waals surface area contributed by atoms with Crippen molar-refractivity contribution >= 4 is 10.0 Å². The maximum atomic E-state index is 12.9. The molecule has 1 heterocycles. The number of hydrogen-bond acceptors (Lipinski definition) is 3. The molecule has 1 saturated heterocycles. The van der Waals surface area contributed by atoms with Gasteiger partial charge in [-0.1, -0.05) is 32.9 Å². The van der Waals surface area contributed by atoms with Crippen LogP contribution in [0.2, 0.25) is 0 Å². The molecule has 1 aliphatic rings. The maximum Gasteiger partial charge on any atom is 0.243 e. The SMILES string of the molecule is Cc1ccc(C(C)(C)C)cc1S(=O)(=O)N1CCCC1CO. The van der Waals surface area contributed by atoms with Crippen molar-refractivity contribution < 1.29 is 13.5 Å². The highest BCUT2D eigenvalue weighted by Gasteiger charge is 2.36. The minimum absolute atomic E-state index is 0.0979. The fourth-order valence-electron chi connectivity index (χ4n) is 2.78. The molecule has 118 valence electrons. The van der Waals surface area contributed by atoms with Gasteiger partial charge in [0.1, 0.15) is 0 Å². The summed E-state index contributed by atoms with van der Waals surface area (Å²) in [5.74, 6) is 0. The van der Waals surface area contributed by atoms with Crippen LogP contribution in [-0.2, 0) is 15.4 Å². The molecular formula is C16H25NO3S. The quantitative estimate of drug-likeness (QED) is 0.933. The van der Waals surface area contributed by atoms with Crippen LogP contribution in [0, 0.1) is 6.92 Å². The minimum Gasteiger partial charge on any atom is -0.395 e. The first-order valence-electron chi connectivity index (χ1n) is 7.42. The van der Waals surface area contributed by atoms with Gasteiger partial charge < -0.3 is 5.11 Å². The Morgan fingerprint density at radius 1 is 1.33 bits per heavy atom. The summed E-state index contributed by atoms with van der Waals surface area (Å²) in [5.41, 5.74) is 1.66. The fourth-order valence-corrected chi connectivity index (χ4v) is 4.72. The first-order chi connectivity index (χ1) is 9.67. The highest BCUT2D eigenvalue weighted by molar-refractivity contribution is 7.89. The highest BCUT2D eigenvalue weighted by Crippen LogP contribution is 2.31. The Bertz CT molecular complexity index is 617. The average Bonchev–Trinajstić information content (AvgIpc) is 2.86. The molecule has 0 aromatic heterocycles. The molecule has 1 aromatic rings. The lowest BCUT2D eigenvalue weighted by Crippen LogP contribution is -2.38. The van der Waals surface area contributed by atoms with E-state index < -0.39 is 10.0 Å². The molecule has 1 atom stereocenters. The van der Waals surface area contributed by atoms with Crippen LogP contribution in [0.4, 0.5) is 0 Å². The van der Waals surface area contributed by atoms with Gasteiger partial charge in [0.25, 0.3) is 0 Å². The Balaban J connectivity index is 2.49. The van der Waals surface area contributed by atoms with Gasteiger partial charge >= 0.3 is 0 Å². The third-order valence-corrected chi connectivity index (χ3v) is 6.27. The third-order valence-electron chi connectivity index (χ3n) is 4.17. The summed E-state index contributed by atoms with van der Waals surface area (Å²) in [6.07, 6.45) is 1.54. The Kier molecular flexibility index (Phi) is 4.47. The van der Waals surface area contributed by atoms with Crippen molar-refractivity contribution in [2.45, 2.75) is 56.9 Å². The van der Waals surface area contributed by atoms with E-state index in [-0.39, 0.29) is 18.1 Å². The number of rotatable bonds is 3. The Labute approximate surface area is 127 Å². The van der Waals surface area contributed by atoms with Crippen LogP contribution in [0.15, 0.2) is 23.1 Å². The topological polar surface area (TPSA) is 57.6 Å². The van der Waals surface area contributed by atoms with Crippen molar-refractivity contribution in [1.29, 1.82) is 0 Å². The Morgan fingerprint density at radius 2 is 2.00 bits per heavy atom. The van der Waals surface area contributed by atoms with E-state index >= 15 is 0 Å². The zero-order valence-electron chi connectivity index (χ0n) is 13.3. The second-order valence-electron chi connectivity index (χ2n) is 6.82. The second-order valence-corrected chi connectivity index (χ2v) is 8.68. The van der Waals surface area contributed by atoms with Crippen molar-refractivity contribution in [3.8, 4) is 0 Å². The number of aryl methyl sites for hydroxylation is 1. The van der Waals surface area contributed by atoms with Crippen LogP contribution in [0.25, 0.3) is 0 Å². The summed E-state index contributed by atoms with van der Waals surface area (Å²) in [6.45, 7) is 8.41.